The maximum atomic E-state index is 11.4. The van der Waals surface area contributed by atoms with E-state index in [1.54, 1.807) is 0 Å². The lowest BCUT2D eigenvalue weighted by Crippen LogP contribution is -2.33. The monoisotopic (exact) mass is 257 g/mol. The van der Waals surface area contributed by atoms with E-state index in [-0.39, 0.29) is 22.8 Å². The first kappa shape index (κ1) is 12.9. The van der Waals surface area contributed by atoms with E-state index < -0.39 is 16.7 Å². The maximum Gasteiger partial charge on any atom is 0.287 e. The fourth-order valence-electron chi connectivity index (χ4n) is 1.07. The van der Waals surface area contributed by atoms with E-state index in [0.29, 0.717) is 0 Å². The molecule has 7 nitrogen and oxygen atoms in total. The van der Waals surface area contributed by atoms with Gasteiger partial charge < -0.3 is 11.1 Å². The number of nitro benzene ring substituents is 1. The summed E-state index contributed by atoms with van der Waals surface area (Å²) < 4.78 is 0. The second kappa shape index (κ2) is 5.26. The number of nitrogens with one attached hydrogen (secondary N) is 1. The number of primary amides is 1. The molecule has 0 atom stereocenters. The number of rotatable bonds is 4. The van der Waals surface area contributed by atoms with Crippen LogP contribution in [0.2, 0.25) is 5.02 Å². The Morgan fingerprint density at radius 3 is 2.59 bits per heavy atom. The Labute approximate surface area is 101 Å². The molecule has 17 heavy (non-hydrogen) atoms. The predicted molar refractivity (Wildman–Crippen MR) is 59.6 cm³/mol. The van der Waals surface area contributed by atoms with Gasteiger partial charge >= 0.3 is 0 Å². The lowest BCUT2D eigenvalue weighted by Gasteiger charge is -2.03. The van der Waals surface area contributed by atoms with Crippen molar-refractivity contribution in [1.82, 2.24) is 5.32 Å². The molecule has 0 saturated carbocycles. The Hall–Kier alpha value is -2.15. The minimum atomic E-state index is -0.689. The zero-order chi connectivity index (χ0) is 13.0. The van der Waals surface area contributed by atoms with Crippen LogP contribution in [-0.4, -0.2) is 23.3 Å². The minimum absolute atomic E-state index is 0.113. The third-order valence-electron chi connectivity index (χ3n) is 1.83. The molecule has 0 aliphatic rings. The van der Waals surface area contributed by atoms with Crippen molar-refractivity contribution in [2.45, 2.75) is 0 Å². The van der Waals surface area contributed by atoms with Gasteiger partial charge in [0.15, 0.2) is 0 Å². The Morgan fingerprint density at radius 1 is 1.47 bits per heavy atom. The Kier molecular flexibility index (Phi) is 4.00. The van der Waals surface area contributed by atoms with Gasteiger partial charge in [0.25, 0.3) is 11.6 Å². The molecule has 0 fully saturated rings. The molecule has 0 bridgehead atoms. The van der Waals surface area contributed by atoms with Gasteiger partial charge in [-0.15, -0.1) is 0 Å². The number of nitrogens with two attached hydrogens (primary N) is 1. The van der Waals surface area contributed by atoms with Gasteiger partial charge in [-0.05, 0) is 12.1 Å². The van der Waals surface area contributed by atoms with Crippen molar-refractivity contribution in [2.75, 3.05) is 6.54 Å². The standard InChI is InChI=1S/C9H8ClN3O4/c10-6-3-5(1-2-7(6)13(16)17)9(15)12-4-8(11)14/h1-3H,4H2,(H2,11,14)(H,12,15). The summed E-state index contributed by atoms with van der Waals surface area (Å²) in [5, 5.41) is 12.6. The SMILES string of the molecule is NC(=O)CNC(=O)c1ccc([N+](=O)[O-])c(Cl)c1. The van der Waals surface area contributed by atoms with E-state index in [2.05, 4.69) is 5.32 Å². The second-order valence-electron chi connectivity index (χ2n) is 3.07. The average Bonchev–Trinajstić information content (AvgIpc) is 2.25. The highest BCUT2D eigenvalue weighted by Gasteiger charge is 2.15. The zero-order valence-electron chi connectivity index (χ0n) is 8.47. The van der Waals surface area contributed by atoms with Crippen LogP contribution in [0.15, 0.2) is 18.2 Å². The molecule has 8 heteroatoms. The van der Waals surface area contributed by atoms with E-state index in [4.69, 9.17) is 17.3 Å². The van der Waals surface area contributed by atoms with Gasteiger partial charge in [0, 0.05) is 11.6 Å². The van der Waals surface area contributed by atoms with E-state index >= 15 is 0 Å². The van der Waals surface area contributed by atoms with Crippen LogP contribution in [-0.2, 0) is 4.79 Å². The van der Waals surface area contributed by atoms with Crippen molar-refractivity contribution < 1.29 is 14.5 Å². The normalized spacial score (nSPS) is 9.71. The van der Waals surface area contributed by atoms with E-state index in [1.165, 1.54) is 6.07 Å². The molecule has 2 amide bonds. The number of carbonyl (C=O) groups excluding carboxylic acids is 2. The average molecular weight is 258 g/mol. The molecule has 3 N–H and O–H groups in total. The number of amides is 2. The number of nitrogens with zero attached hydrogens (tertiary/aromatic N) is 1. The summed E-state index contributed by atoms with van der Waals surface area (Å²) in [6.45, 7) is -0.312. The molecular formula is C9H8ClN3O4. The Balaban J connectivity index is 2.86. The molecule has 1 aromatic rings. The van der Waals surface area contributed by atoms with Gasteiger partial charge in [-0.1, -0.05) is 11.6 Å². The lowest BCUT2D eigenvalue weighted by atomic mass is 10.2. The van der Waals surface area contributed by atoms with Crippen molar-refractivity contribution in [3.8, 4) is 0 Å². The fourth-order valence-corrected chi connectivity index (χ4v) is 1.32. The molecule has 0 radical (unpaired) electrons. The minimum Gasteiger partial charge on any atom is -0.368 e. The highest BCUT2D eigenvalue weighted by atomic mass is 35.5. The molecule has 0 aromatic heterocycles. The van der Waals surface area contributed by atoms with Crippen LogP contribution in [0.5, 0.6) is 0 Å². The highest BCUT2D eigenvalue weighted by molar-refractivity contribution is 6.33. The second-order valence-corrected chi connectivity index (χ2v) is 3.48. The number of carbonyl (C=O) groups is 2. The van der Waals surface area contributed by atoms with Gasteiger partial charge in [0.1, 0.15) is 5.02 Å². The van der Waals surface area contributed by atoms with Crippen molar-refractivity contribution in [3.05, 3.63) is 38.9 Å². The molecule has 0 unspecified atom stereocenters. The molecule has 1 aromatic carbocycles. The van der Waals surface area contributed by atoms with Gasteiger partial charge in [-0.3, -0.25) is 19.7 Å². The van der Waals surface area contributed by atoms with E-state index in [9.17, 15) is 19.7 Å². The molecule has 0 aliphatic heterocycles. The summed E-state index contributed by atoms with van der Waals surface area (Å²) in [4.78, 5) is 31.7. The van der Waals surface area contributed by atoms with Crippen LogP contribution in [0.1, 0.15) is 10.4 Å². The molecule has 0 heterocycles. The van der Waals surface area contributed by atoms with Gasteiger partial charge in [0.05, 0.1) is 11.5 Å². The van der Waals surface area contributed by atoms with Crippen LogP contribution >= 0.6 is 11.6 Å². The molecule has 1 rings (SSSR count). The topological polar surface area (TPSA) is 115 Å². The zero-order valence-corrected chi connectivity index (χ0v) is 9.23. The van der Waals surface area contributed by atoms with Crippen molar-refractivity contribution in [1.29, 1.82) is 0 Å². The first-order chi connectivity index (χ1) is 7.91. The fraction of sp³-hybridized carbons (Fsp3) is 0.111. The van der Waals surface area contributed by atoms with Crippen molar-refractivity contribution >= 4 is 29.1 Å². The van der Waals surface area contributed by atoms with E-state index in [1.807, 2.05) is 0 Å². The molecule has 0 aliphatic carbocycles. The molecule has 0 spiro atoms. The van der Waals surface area contributed by atoms with Crippen LogP contribution in [0.25, 0.3) is 0 Å². The summed E-state index contributed by atoms with van der Waals surface area (Å²) in [7, 11) is 0. The smallest absolute Gasteiger partial charge is 0.287 e. The quantitative estimate of drug-likeness (QED) is 0.602. The van der Waals surface area contributed by atoms with Crippen LogP contribution in [0, 0.1) is 10.1 Å². The largest absolute Gasteiger partial charge is 0.368 e. The summed E-state index contributed by atoms with van der Waals surface area (Å²) in [5.41, 5.74) is 4.66. The van der Waals surface area contributed by atoms with Crippen molar-refractivity contribution in [3.63, 3.8) is 0 Å². The summed E-state index contributed by atoms with van der Waals surface area (Å²) >= 11 is 5.62. The number of hydrogen-bond donors (Lipinski definition) is 2. The van der Waals surface area contributed by atoms with Crippen molar-refractivity contribution in [2.24, 2.45) is 5.73 Å². The number of halogens is 1. The number of nitro groups is 1. The van der Waals surface area contributed by atoms with Gasteiger partial charge in [0.2, 0.25) is 5.91 Å². The molecule has 0 saturated heterocycles. The van der Waals surface area contributed by atoms with Crippen LogP contribution in [0.3, 0.4) is 0 Å². The van der Waals surface area contributed by atoms with Gasteiger partial charge in [-0.2, -0.15) is 0 Å². The predicted octanol–water partition coefficient (Wildman–Crippen LogP) is 0.463. The van der Waals surface area contributed by atoms with Crippen LogP contribution < -0.4 is 11.1 Å². The number of benzene rings is 1. The Morgan fingerprint density at radius 2 is 2.12 bits per heavy atom. The van der Waals surface area contributed by atoms with Crippen LogP contribution in [0.4, 0.5) is 5.69 Å². The number of hydrogen-bond acceptors (Lipinski definition) is 4. The molecular weight excluding hydrogens is 250 g/mol. The summed E-state index contributed by atoms with van der Waals surface area (Å²) in [6, 6.07) is 3.50. The summed E-state index contributed by atoms with van der Waals surface area (Å²) in [5.74, 6) is -1.27. The highest BCUT2D eigenvalue weighted by Crippen LogP contribution is 2.24. The van der Waals surface area contributed by atoms with E-state index in [0.717, 1.165) is 12.1 Å². The first-order valence-electron chi connectivity index (χ1n) is 4.42. The third-order valence-corrected chi connectivity index (χ3v) is 2.13. The maximum absolute atomic E-state index is 11.4. The molecule has 90 valence electrons. The Bertz CT molecular complexity index is 489. The van der Waals surface area contributed by atoms with Gasteiger partial charge in [-0.25, -0.2) is 0 Å². The third kappa shape index (κ3) is 3.42. The summed E-state index contributed by atoms with van der Waals surface area (Å²) in [6.07, 6.45) is 0. The first-order valence-corrected chi connectivity index (χ1v) is 4.80. The lowest BCUT2D eigenvalue weighted by molar-refractivity contribution is -0.384.